The summed E-state index contributed by atoms with van der Waals surface area (Å²) in [4.78, 5) is 36.2. The lowest BCUT2D eigenvalue weighted by Gasteiger charge is -2.30. The Balaban J connectivity index is 3.17. The molecule has 6 nitrogen and oxygen atoms in total. The molecule has 118 valence electrons. The summed E-state index contributed by atoms with van der Waals surface area (Å²) in [5.74, 6) is -2.04. The van der Waals surface area contributed by atoms with Crippen molar-refractivity contribution in [3.63, 3.8) is 0 Å². The maximum Gasteiger partial charge on any atom is 0.344 e. The van der Waals surface area contributed by atoms with Crippen LogP contribution in [0.3, 0.4) is 0 Å². The number of rotatable bonds is 7. The molecule has 0 atom stereocenters. The van der Waals surface area contributed by atoms with Crippen LogP contribution in [-0.2, 0) is 23.9 Å². The Bertz CT molecular complexity index is 443. The number of esters is 2. The van der Waals surface area contributed by atoms with Crippen LogP contribution in [0.4, 0.5) is 0 Å². The van der Waals surface area contributed by atoms with Gasteiger partial charge in [-0.1, -0.05) is 11.1 Å². The fraction of sp³-hybridized carbons (Fsp3) is 0.667. The Morgan fingerprint density at radius 3 is 1.86 bits per heavy atom. The smallest absolute Gasteiger partial charge is 0.344 e. The molecule has 1 aliphatic rings. The summed E-state index contributed by atoms with van der Waals surface area (Å²) in [5, 5.41) is 2.45. The highest BCUT2D eigenvalue weighted by Gasteiger charge is 2.50. The Kier molecular flexibility index (Phi) is 5.93. The van der Waals surface area contributed by atoms with Crippen molar-refractivity contribution in [3.05, 3.63) is 11.1 Å². The molecule has 0 unspecified atom stereocenters. The third-order valence-electron chi connectivity index (χ3n) is 3.27. The van der Waals surface area contributed by atoms with Crippen molar-refractivity contribution in [1.82, 2.24) is 5.32 Å². The summed E-state index contributed by atoms with van der Waals surface area (Å²) in [6.45, 7) is 6.65. The van der Waals surface area contributed by atoms with Gasteiger partial charge in [-0.05, 0) is 33.6 Å². The van der Waals surface area contributed by atoms with Crippen molar-refractivity contribution in [2.24, 2.45) is 0 Å². The van der Waals surface area contributed by atoms with Crippen molar-refractivity contribution in [2.45, 2.75) is 52.5 Å². The topological polar surface area (TPSA) is 81.7 Å². The average Bonchev–Trinajstić information content (AvgIpc) is 3.21. The van der Waals surface area contributed by atoms with Crippen LogP contribution in [0.5, 0.6) is 0 Å². The van der Waals surface area contributed by atoms with Crippen LogP contribution in [-0.4, -0.2) is 36.6 Å². The Morgan fingerprint density at radius 1 is 1.05 bits per heavy atom. The Hall–Kier alpha value is -1.85. The van der Waals surface area contributed by atoms with Gasteiger partial charge in [-0.3, -0.25) is 4.79 Å². The van der Waals surface area contributed by atoms with E-state index < -0.39 is 23.4 Å². The van der Waals surface area contributed by atoms with E-state index in [4.69, 9.17) is 9.47 Å². The van der Waals surface area contributed by atoms with Gasteiger partial charge >= 0.3 is 11.9 Å². The zero-order chi connectivity index (χ0) is 16.0. The maximum absolute atomic E-state index is 12.3. The molecule has 0 aromatic rings. The summed E-state index contributed by atoms with van der Waals surface area (Å²) >= 11 is 0. The molecule has 0 saturated heterocycles. The number of hydrogen-bond acceptors (Lipinski definition) is 5. The van der Waals surface area contributed by atoms with Crippen LogP contribution in [0.15, 0.2) is 11.1 Å². The molecule has 0 heterocycles. The first-order valence-corrected chi connectivity index (χ1v) is 7.18. The minimum Gasteiger partial charge on any atom is -0.464 e. The summed E-state index contributed by atoms with van der Waals surface area (Å²) in [7, 11) is 0. The number of carbonyl (C=O) groups is 3. The van der Waals surface area contributed by atoms with Crippen LogP contribution in [0.1, 0.15) is 47.0 Å². The molecule has 6 heteroatoms. The zero-order valence-corrected chi connectivity index (χ0v) is 13.1. The molecule has 1 N–H and O–H groups in total. The summed E-state index contributed by atoms with van der Waals surface area (Å²) < 4.78 is 10.00. The van der Waals surface area contributed by atoms with E-state index in [0.717, 1.165) is 18.4 Å². The van der Waals surface area contributed by atoms with Crippen molar-refractivity contribution in [3.8, 4) is 0 Å². The van der Waals surface area contributed by atoms with Gasteiger partial charge in [0.2, 0.25) is 11.4 Å². The van der Waals surface area contributed by atoms with E-state index in [0.29, 0.717) is 0 Å². The van der Waals surface area contributed by atoms with Crippen LogP contribution in [0.25, 0.3) is 0 Å². The van der Waals surface area contributed by atoms with Gasteiger partial charge in [0, 0.05) is 13.3 Å². The van der Waals surface area contributed by atoms with Crippen molar-refractivity contribution in [1.29, 1.82) is 0 Å². The quantitative estimate of drug-likeness (QED) is 0.437. The van der Waals surface area contributed by atoms with Crippen LogP contribution < -0.4 is 5.32 Å². The van der Waals surface area contributed by atoms with Crippen LogP contribution in [0, 0.1) is 0 Å². The molecule has 1 fully saturated rings. The molecule has 0 aromatic heterocycles. The number of allylic oxidation sites excluding steroid dienone is 1. The molecule has 21 heavy (non-hydrogen) atoms. The van der Waals surface area contributed by atoms with E-state index in [1.165, 1.54) is 12.5 Å². The summed E-state index contributed by atoms with van der Waals surface area (Å²) in [6.07, 6.45) is 2.01. The molecular weight excluding hydrogens is 274 g/mol. The molecule has 0 radical (unpaired) electrons. The van der Waals surface area contributed by atoms with E-state index in [1.54, 1.807) is 13.8 Å². The highest BCUT2D eigenvalue weighted by molar-refractivity contribution is 6.08. The van der Waals surface area contributed by atoms with E-state index in [1.807, 2.05) is 6.92 Å². The lowest BCUT2D eigenvalue weighted by molar-refractivity contribution is -0.167. The Labute approximate surface area is 124 Å². The SMILES string of the molecule is CCOC(=O)C(CC(C)=C1CC1)(NC(C)=O)C(=O)OCC. The van der Waals surface area contributed by atoms with Crippen molar-refractivity contribution < 1.29 is 23.9 Å². The first kappa shape index (κ1) is 17.2. The standard InChI is InChI=1S/C15H23NO5/c1-5-20-13(18)15(16-11(4)17,14(19)21-6-2)9-10(3)12-7-8-12/h5-9H2,1-4H3,(H,16,17). The van der Waals surface area contributed by atoms with Gasteiger partial charge in [-0.15, -0.1) is 0 Å². The average molecular weight is 297 g/mol. The van der Waals surface area contributed by atoms with Crippen LogP contribution >= 0.6 is 0 Å². The molecule has 1 rings (SSSR count). The molecular formula is C15H23NO5. The molecule has 0 spiro atoms. The number of amides is 1. The maximum atomic E-state index is 12.3. The number of nitrogens with one attached hydrogen (secondary N) is 1. The molecule has 0 bridgehead atoms. The van der Waals surface area contributed by atoms with Gasteiger partial charge in [-0.2, -0.15) is 0 Å². The predicted octanol–water partition coefficient (Wildman–Crippen LogP) is 1.49. The largest absolute Gasteiger partial charge is 0.464 e. The second-order valence-corrected chi connectivity index (χ2v) is 5.09. The van der Waals surface area contributed by atoms with Gasteiger partial charge in [-0.25, -0.2) is 9.59 Å². The number of ether oxygens (including phenoxy) is 2. The van der Waals surface area contributed by atoms with Crippen LogP contribution in [0.2, 0.25) is 0 Å². The minimum absolute atomic E-state index is 0.0829. The number of hydrogen-bond donors (Lipinski definition) is 1. The first-order chi connectivity index (χ1) is 9.87. The minimum atomic E-state index is -1.79. The van der Waals surface area contributed by atoms with E-state index >= 15 is 0 Å². The van der Waals surface area contributed by atoms with Gasteiger partial charge in [0.1, 0.15) is 0 Å². The molecule has 0 aliphatic heterocycles. The fourth-order valence-corrected chi connectivity index (χ4v) is 2.20. The van der Waals surface area contributed by atoms with E-state index in [9.17, 15) is 14.4 Å². The highest BCUT2D eigenvalue weighted by atomic mass is 16.6. The van der Waals surface area contributed by atoms with Crippen molar-refractivity contribution >= 4 is 17.8 Å². The van der Waals surface area contributed by atoms with E-state index in [-0.39, 0.29) is 19.6 Å². The molecule has 1 saturated carbocycles. The van der Waals surface area contributed by atoms with Gasteiger partial charge < -0.3 is 14.8 Å². The van der Waals surface area contributed by atoms with Crippen molar-refractivity contribution in [2.75, 3.05) is 13.2 Å². The Morgan fingerprint density at radius 2 is 1.52 bits per heavy atom. The fourth-order valence-electron chi connectivity index (χ4n) is 2.20. The predicted molar refractivity (Wildman–Crippen MR) is 76.4 cm³/mol. The summed E-state index contributed by atoms with van der Waals surface area (Å²) in [5.41, 5.74) is 0.334. The summed E-state index contributed by atoms with van der Waals surface area (Å²) in [6, 6.07) is 0. The second-order valence-electron chi connectivity index (χ2n) is 5.09. The zero-order valence-electron chi connectivity index (χ0n) is 13.1. The number of carbonyl (C=O) groups excluding carboxylic acids is 3. The van der Waals surface area contributed by atoms with E-state index in [2.05, 4.69) is 5.32 Å². The third kappa shape index (κ3) is 4.31. The lowest BCUT2D eigenvalue weighted by atomic mass is 9.90. The van der Waals surface area contributed by atoms with Gasteiger partial charge in [0.05, 0.1) is 13.2 Å². The molecule has 0 aromatic carbocycles. The van der Waals surface area contributed by atoms with Gasteiger partial charge in [0.15, 0.2) is 0 Å². The second kappa shape index (κ2) is 7.24. The third-order valence-corrected chi connectivity index (χ3v) is 3.27. The molecule has 1 amide bonds. The normalized spacial score (nSPS) is 13.4. The lowest BCUT2D eigenvalue weighted by Crippen LogP contribution is -2.61. The molecule has 1 aliphatic carbocycles. The monoisotopic (exact) mass is 297 g/mol. The first-order valence-electron chi connectivity index (χ1n) is 7.18. The van der Waals surface area contributed by atoms with Gasteiger partial charge in [0.25, 0.3) is 0 Å². The highest BCUT2D eigenvalue weighted by Crippen LogP contribution is 2.35.